The molecule has 0 aliphatic rings. The number of anilines is 1. The highest BCUT2D eigenvalue weighted by atomic mass is 79.9. The van der Waals surface area contributed by atoms with Crippen molar-refractivity contribution < 1.29 is 4.79 Å². The molecule has 0 bridgehead atoms. The molecule has 0 radical (unpaired) electrons. The molecule has 1 aromatic heterocycles. The standard InChI is InChI=1S/C10H15BrN4O/c1-2-4-12-9(16)3-5-13-10-14-6-8(11)7-15-10/h6-7H,2-5H2,1H3,(H,12,16)(H,13,14,15). The van der Waals surface area contributed by atoms with Gasteiger partial charge in [-0.25, -0.2) is 9.97 Å². The van der Waals surface area contributed by atoms with Crippen LogP contribution in [-0.4, -0.2) is 29.0 Å². The Morgan fingerprint density at radius 3 is 2.69 bits per heavy atom. The number of hydrogen-bond acceptors (Lipinski definition) is 4. The maximum Gasteiger partial charge on any atom is 0.222 e. The van der Waals surface area contributed by atoms with E-state index in [1.54, 1.807) is 12.4 Å². The van der Waals surface area contributed by atoms with Gasteiger partial charge in [0, 0.05) is 31.9 Å². The molecule has 0 saturated carbocycles. The van der Waals surface area contributed by atoms with Gasteiger partial charge in [0.15, 0.2) is 0 Å². The van der Waals surface area contributed by atoms with Crippen LogP contribution in [0.3, 0.4) is 0 Å². The van der Waals surface area contributed by atoms with E-state index in [2.05, 4.69) is 36.5 Å². The van der Waals surface area contributed by atoms with Crippen molar-refractivity contribution in [2.24, 2.45) is 0 Å². The van der Waals surface area contributed by atoms with E-state index < -0.39 is 0 Å². The smallest absolute Gasteiger partial charge is 0.222 e. The molecule has 0 spiro atoms. The van der Waals surface area contributed by atoms with Crippen molar-refractivity contribution in [1.29, 1.82) is 0 Å². The lowest BCUT2D eigenvalue weighted by Gasteiger charge is -2.05. The lowest BCUT2D eigenvalue weighted by Crippen LogP contribution is -2.26. The second-order valence-corrected chi connectivity index (χ2v) is 4.17. The number of rotatable bonds is 6. The van der Waals surface area contributed by atoms with Gasteiger partial charge in [0.25, 0.3) is 0 Å². The van der Waals surface area contributed by atoms with Crippen LogP contribution in [0.1, 0.15) is 19.8 Å². The third-order valence-corrected chi connectivity index (χ3v) is 2.24. The molecule has 0 aromatic carbocycles. The Morgan fingerprint density at radius 2 is 2.06 bits per heavy atom. The Balaban J connectivity index is 2.20. The Hall–Kier alpha value is -1.17. The molecule has 1 aromatic rings. The molecule has 0 atom stereocenters. The first kappa shape index (κ1) is 12.9. The Labute approximate surface area is 103 Å². The minimum absolute atomic E-state index is 0.0476. The van der Waals surface area contributed by atoms with E-state index in [1.165, 1.54) is 0 Å². The Morgan fingerprint density at radius 1 is 1.38 bits per heavy atom. The van der Waals surface area contributed by atoms with Crippen LogP contribution < -0.4 is 10.6 Å². The summed E-state index contributed by atoms with van der Waals surface area (Å²) in [7, 11) is 0. The van der Waals surface area contributed by atoms with E-state index in [0.717, 1.165) is 17.4 Å². The highest BCUT2D eigenvalue weighted by Crippen LogP contribution is 2.06. The molecule has 0 aliphatic heterocycles. The maximum absolute atomic E-state index is 11.2. The number of carbonyl (C=O) groups is 1. The fraction of sp³-hybridized carbons (Fsp3) is 0.500. The summed E-state index contributed by atoms with van der Waals surface area (Å²) in [5, 5.41) is 5.78. The van der Waals surface area contributed by atoms with Crippen molar-refractivity contribution in [3.05, 3.63) is 16.9 Å². The number of halogens is 1. The van der Waals surface area contributed by atoms with E-state index in [9.17, 15) is 4.79 Å². The van der Waals surface area contributed by atoms with Crippen molar-refractivity contribution in [2.75, 3.05) is 18.4 Å². The van der Waals surface area contributed by atoms with E-state index >= 15 is 0 Å². The molecule has 0 unspecified atom stereocenters. The third-order valence-electron chi connectivity index (χ3n) is 1.83. The molecule has 1 amide bonds. The molecule has 0 saturated heterocycles. The predicted octanol–water partition coefficient (Wildman–Crippen LogP) is 1.57. The lowest BCUT2D eigenvalue weighted by molar-refractivity contribution is -0.120. The summed E-state index contributed by atoms with van der Waals surface area (Å²) in [5.74, 6) is 0.581. The van der Waals surface area contributed by atoms with Gasteiger partial charge in [-0.3, -0.25) is 4.79 Å². The van der Waals surface area contributed by atoms with Crippen molar-refractivity contribution in [1.82, 2.24) is 15.3 Å². The molecular formula is C10H15BrN4O. The van der Waals surface area contributed by atoms with Gasteiger partial charge in [-0.15, -0.1) is 0 Å². The zero-order chi connectivity index (χ0) is 11.8. The summed E-state index contributed by atoms with van der Waals surface area (Å²) in [6.07, 6.45) is 4.70. The zero-order valence-electron chi connectivity index (χ0n) is 9.16. The number of amides is 1. The molecule has 2 N–H and O–H groups in total. The van der Waals surface area contributed by atoms with Gasteiger partial charge in [0.1, 0.15) is 0 Å². The minimum atomic E-state index is 0.0476. The van der Waals surface area contributed by atoms with Crippen LogP contribution in [0.5, 0.6) is 0 Å². The summed E-state index contributed by atoms with van der Waals surface area (Å²) in [6.45, 7) is 3.29. The predicted molar refractivity (Wildman–Crippen MR) is 66.1 cm³/mol. The summed E-state index contributed by atoms with van der Waals surface area (Å²) in [6, 6.07) is 0. The summed E-state index contributed by atoms with van der Waals surface area (Å²) in [5.41, 5.74) is 0. The van der Waals surface area contributed by atoms with Crippen LogP contribution in [0.4, 0.5) is 5.95 Å². The average molecular weight is 287 g/mol. The van der Waals surface area contributed by atoms with Gasteiger partial charge in [0.05, 0.1) is 4.47 Å². The van der Waals surface area contributed by atoms with Gasteiger partial charge in [-0.2, -0.15) is 0 Å². The second-order valence-electron chi connectivity index (χ2n) is 3.25. The van der Waals surface area contributed by atoms with E-state index in [4.69, 9.17) is 0 Å². The Kier molecular flexibility index (Phi) is 5.77. The first-order chi connectivity index (χ1) is 7.72. The first-order valence-corrected chi connectivity index (χ1v) is 5.99. The SMILES string of the molecule is CCCNC(=O)CCNc1ncc(Br)cn1. The molecule has 5 nitrogen and oxygen atoms in total. The van der Waals surface area contributed by atoms with Gasteiger partial charge in [-0.1, -0.05) is 6.92 Å². The lowest BCUT2D eigenvalue weighted by atomic mass is 10.4. The number of nitrogens with one attached hydrogen (secondary N) is 2. The molecule has 16 heavy (non-hydrogen) atoms. The third kappa shape index (κ3) is 5.06. The van der Waals surface area contributed by atoms with E-state index in [1.807, 2.05) is 6.92 Å². The largest absolute Gasteiger partial charge is 0.356 e. The van der Waals surface area contributed by atoms with Crippen LogP contribution in [0, 0.1) is 0 Å². The van der Waals surface area contributed by atoms with Crippen molar-refractivity contribution >= 4 is 27.8 Å². The summed E-state index contributed by atoms with van der Waals surface area (Å²) < 4.78 is 0.832. The molecule has 88 valence electrons. The van der Waals surface area contributed by atoms with E-state index in [-0.39, 0.29) is 5.91 Å². The fourth-order valence-corrected chi connectivity index (χ4v) is 1.25. The maximum atomic E-state index is 11.2. The molecule has 1 heterocycles. The van der Waals surface area contributed by atoms with Crippen LogP contribution in [-0.2, 0) is 4.79 Å². The van der Waals surface area contributed by atoms with Gasteiger partial charge < -0.3 is 10.6 Å². The minimum Gasteiger partial charge on any atom is -0.356 e. The summed E-state index contributed by atoms with van der Waals surface area (Å²) >= 11 is 3.25. The topological polar surface area (TPSA) is 66.9 Å². The monoisotopic (exact) mass is 286 g/mol. The Bertz CT molecular complexity index is 328. The molecule has 0 aliphatic carbocycles. The highest BCUT2D eigenvalue weighted by molar-refractivity contribution is 9.10. The number of nitrogens with zero attached hydrogens (tertiary/aromatic N) is 2. The van der Waals surface area contributed by atoms with Crippen LogP contribution in [0.25, 0.3) is 0 Å². The number of aromatic nitrogens is 2. The van der Waals surface area contributed by atoms with Crippen molar-refractivity contribution in [3.63, 3.8) is 0 Å². The molecule has 0 fully saturated rings. The number of hydrogen-bond donors (Lipinski definition) is 2. The zero-order valence-corrected chi connectivity index (χ0v) is 10.7. The average Bonchev–Trinajstić information content (AvgIpc) is 2.29. The van der Waals surface area contributed by atoms with Crippen molar-refractivity contribution in [2.45, 2.75) is 19.8 Å². The fourth-order valence-electron chi connectivity index (χ4n) is 1.04. The molecule has 1 rings (SSSR count). The summed E-state index contributed by atoms with van der Waals surface area (Å²) in [4.78, 5) is 19.3. The number of carbonyl (C=O) groups excluding carboxylic acids is 1. The van der Waals surface area contributed by atoms with Crippen LogP contribution in [0.15, 0.2) is 16.9 Å². The van der Waals surface area contributed by atoms with Gasteiger partial charge >= 0.3 is 0 Å². The molecular weight excluding hydrogens is 272 g/mol. The van der Waals surface area contributed by atoms with Crippen molar-refractivity contribution in [3.8, 4) is 0 Å². The second kappa shape index (κ2) is 7.16. The van der Waals surface area contributed by atoms with Gasteiger partial charge in [0.2, 0.25) is 11.9 Å². The molecule has 6 heteroatoms. The van der Waals surface area contributed by atoms with E-state index in [0.29, 0.717) is 18.9 Å². The van der Waals surface area contributed by atoms with Crippen LogP contribution >= 0.6 is 15.9 Å². The van der Waals surface area contributed by atoms with Crippen LogP contribution in [0.2, 0.25) is 0 Å². The first-order valence-electron chi connectivity index (χ1n) is 5.20. The quantitative estimate of drug-likeness (QED) is 0.833. The normalized spacial score (nSPS) is 9.88. The van der Waals surface area contributed by atoms with Gasteiger partial charge in [-0.05, 0) is 22.4 Å². The highest BCUT2D eigenvalue weighted by Gasteiger charge is 2.00.